The van der Waals surface area contributed by atoms with Gasteiger partial charge in [-0.2, -0.15) is 0 Å². The molecule has 1 aromatic carbocycles. The van der Waals surface area contributed by atoms with Crippen molar-refractivity contribution in [1.29, 1.82) is 0 Å². The van der Waals surface area contributed by atoms with Crippen LogP contribution in [0.1, 0.15) is 27.9 Å². The average Bonchev–Trinajstić information content (AvgIpc) is 3.13. The van der Waals surface area contributed by atoms with Gasteiger partial charge >= 0.3 is 0 Å². The Labute approximate surface area is 128 Å². The monoisotopic (exact) mass is 302 g/mol. The Morgan fingerprint density at radius 3 is 2.95 bits per heavy atom. The van der Waals surface area contributed by atoms with Gasteiger partial charge in [0.2, 0.25) is 0 Å². The Bertz CT molecular complexity index is 638. The van der Waals surface area contributed by atoms with Crippen LogP contribution in [0, 0.1) is 13.8 Å². The second-order valence-corrected chi connectivity index (χ2v) is 6.05. The molecule has 0 saturated carbocycles. The summed E-state index contributed by atoms with van der Waals surface area (Å²) in [5, 5.41) is 6.27. The molecule has 3 rings (SSSR count). The summed E-state index contributed by atoms with van der Waals surface area (Å²) in [6.07, 6.45) is 3.40. The first-order chi connectivity index (χ1) is 10.2. The van der Waals surface area contributed by atoms with Crippen molar-refractivity contribution in [3.8, 4) is 0 Å². The molecule has 0 fully saturated rings. The minimum atomic E-state index is -0.122. The van der Waals surface area contributed by atoms with Crippen LogP contribution in [0.3, 0.4) is 0 Å². The lowest BCUT2D eigenvalue weighted by Crippen LogP contribution is -2.18. The fourth-order valence-electron chi connectivity index (χ4n) is 2.12. The van der Waals surface area contributed by atoms with Gasteiger partial charge in [0.25, 0.3) is 0 Å². The van der Waals surface area contributed by atoms with Crippen LogP contribution in [-0.4, -0.2) is 11.6 Å². The first kappa shape index (κ1) is 14.1. The van der Waals surface area contributed by atoms with Crippen LogP contribution in [-0.2, 0) is 16.1 Å². The molecule has 1 aliphatic rings. The van der Waals surface area contributed by atoms with E-state index in [-0.39, 0.29) is 6.23 Å². The molecule has 1 aliphatic heterocycles. The van der Waals surface area contributed by atoms with Gasteiger partial charge in [0.05, 0.1) is 18.9 Å². The van der Waals surface area contributed by atoms with E-state index in [0.29, 0.717) is 13.2 Å². The van der Waals surface area contributed by atoms with E-state index in [9.17, 15) is 0 Å². The molecule has 2 aromatic rings. The molecule has 5 heteroatoms. The number of hydrogen-bond acceptors (Lipinski definition) is 5. The highest BCUT2D eigenvalue weighted by atomic mass is 32.1. The number of nitrogens with zero attached hydrogens (tertiary/aromatic N) is 1. The van der Waals surface area contributed by atoms with Crippen molar-refractivity contribution in [2.45, 2.75) is 26.7 Å². The second kappa shape index (κ2) is 6.28. The van der Waals surface area contributed by atoms with Crippen molar-refractivity contribution in [2.24, 2.45) is 0 Å². The van der Waals surface area contributed by atoms with Gasteiger partial charge in [0.1, 0.15) is 11.3 Å². The van der Waals surface area contributed by atoms with Gasteiger partial charge in [0, 0.05) is 17.1 Å². The molecule has 4 nitrogen and oxygen atoms in total. The van der Waals surface area contributed by atoms with Gasteiger partial charge in [-0.3, -0.25) is 0 Å². The standard InChI is InChI=1S/C16H18N2O2S/c1-11-3-4-13(7-12(11)2)16-18-14(9-20-16)8-19-10-15-17-5-6-21-15/h3-7,9,16,18H,8,10H2,1-2H3. The molecule has 0 spiro atoms. The van der Waals surface area contributed by atoms with Gasteiger partial charge in [-0.05, 0) is 25.0 Å². The molecule has 1 atom stereocenters. The summed E-state index contributed by atoms with van der Waals surface area (Å²) in [6, 6.07) is 6.36. The fourth-order valence-corrected chi connectivity index (χ4v) is 2.68. The van der Waals surface area contributed by atoms with E-state index in [1.165, 1.54) is 11.1 Å². The molecule has 0 saturated heterocycles. The van der Waals surface area contributed by atoms with Crippen molar-refractivity contribution >= 4 is 11.3 Å². The maximum Gasteiger partial charge on any atom is 0.195 e. The van der Waals surface area contributed by atoms with Crippen LogP contribution < -0.4 is 5.32 Å². The zero-order valence-electron chi connectivity index (χ0n) is 12.1. The molecular formula is C16H18N2O2S. The molecule has 1 N–H and O–H groups in total. The third-order valence-corrected chi connectivity index (χ3v) is 4.22. The van der Waals surface area contributed by atoms with Crippen LogP contribution in [0.2, 0.25) is 0 Å². The summed E-state index contributed by atoms with van der Waals surface area (Å²) in [6.45, 7) is 5.25. The highest BCUT2D eigenvalue weighted by Crippen LogP contribution is 2.24. The van der Waals surface area contributed by atoms with Crippen molar-refractivity contribution in [2.75, 3.05) is 6.61 Å². The normalized spacial score (nSPS) is 17.2. The SMILES string of the molecule is Cc1ccc(C2NC(COCc3nccs3)=CO2)cc1C. The Balaban J connectivity index is 1.51. The smallest absolute Gasteiger partial charge is 0.195 e. The predicted octanol–water partition coefficient (Wildman–Crippen LogP) is 3.44. The zero-order chi connectivity index (χ0) is 14.7. The van der Waals surface area contributed by atoms with Gasteiger partial charge in [-0.15, -0.1) is 11.3 Å². The Morgan fingerprint density at radius 2 is 2.19 bits per heavy atom. The molecule has 0 aliphatic carbocycles. The molecule has 21 heavy (non-hydrogen) atoms. The second-order valence-electron chi connectivity index (χ2n) is 5.07. The molecular weight excluding hydrogens is 284 g/mol. The molecule has 0 bridgehead atoms. The van der Waals surface area contributed by atoms with E-state index in [1.807, 2.05) is 5.38 Å². The van der Waals surface area contributed by atoms with E-state index < -0.39 is 0 Å². The largest absolute Gasteiger partial charge is 0.472 e. The summed E-state index contributed by atoms with van der Waals surface area (Å²) < 4.78 is 11.3. The lowest BCUT2D eigenvalue weighted by molar-refractivity contribution is 0.133. The summed E-state index contributed by atoms with van der Waals surface area (Å²) in [5.41, 5.74) is 4.64. The average molecular weight is 302 g/mol. The van der Waals surface area contributed by atoms with Crippen LogP contribution in [0.15, 0.2) is 41.7 Å². The number of rotatable bonds is 5. The third kappa shape index (κ3) is 3.43. The predicted molar refractivity (Wildman–Crippen MR) is 82.7 cm³/mol. The minimum Gasteiger partial charge on any atom is -0.472 e. The molecule has 0 amide bonds. The van der Waals surface area contributed by atoms with Crippen molar-refractivity contribution in [1.82, 2.24) is 10.3 Å². The van der Waals surface area contributed by atoms with Gasteiger partial charge in [-0.1, -0.05) is 18.2 Å². The van der Waals surface area contributed by atoms with Crippen LogP contribution in [0.5, 0.6) is 0 Å². The van der Waals surface area contributed by atoms with E-state index >= 15 is 0 Å². The van der Waals surface area contributed by atoms with Crippen LogP contribution >= 0.6 is 11.3 Å². The lowest BCUT2D eigenvalue weighted by Gasteiger charge is -2.14. The maximum absolute atomic E-state index is 5.67. The summed E-state index contributed by atoms with van der Waals surface area (Å²) in [5.74, 6) is 0. The molecule has 0 radical (unpaired) electrons. The molecule has 1 aromatic heterocycles. The Morgan fingerprint density at radius 1 is 1.29 bits per heavy atom. The summed E-state index contributed by atoms with van der Waals surface area (Å²) in [4.78, 5) is 4.18. The lowest BCUT2D eigenvalue weighted by atomic mass is 10.1. The highest BCUT2D eigenvalue weighted by molar-refractivity contribution is 7.09. The third-order valence-electron chi connectivity index (χ3n) is 3.46. The first-order valence-corrected chi connectivity index (χ1v) is 7.74. The van der Waals surface area contributed by atoms with E-state index in [0.717, 1.165) is 16.3 Å². The number of ether oxygens (including phenoxy) is 2. The molecule has 110 valence electrons. The quantitative estimate of drug-likeness (QED) is 0.919. The zero-order valence-corrected chi connectivity index (χ0v) is 12.9. The number of thiazole rings is 1. The topological polar surface area (TPSA) is 43.4 Å². The summed E-state index contributed by atoms with van der Waals surface area (Å²) in [7, 11) is 0. The first-order valence-electron chi connectivity index (χ1n) is 6.86. The van der Waals surface area contributed by atoms with Gasteiger partial charge in [-0.25, -0.2) is 4.98 Å². The maximum atomic E-state index is 5.67. The number of nitrogens with one attached hydrogen (secondary N) is 1. The number of aromatic nitrogens is 1. The minimum absolute atomic E-state index is 0.122. The highest BCUT2D eigenvalue weighted by Gasteiger charge is 2.19. The number of aryl methyl sites for hydroxylation is 2. The Kier molecular flexibility index (Phi) is 4.22. The fraction of sp³-hybridized carbons (Fsp3) is 0.312. The van der Waals surface area contributed by atoms with Gasteiger partial charge < -0.3 is 14.8 Å². The number of hydrogen-bond donors (Lipinski definition) is 1. The van der Waals surface area contributed by atoms with E-state index in [1.54, 1.807) is 23.8 Å². The molecule has 2 heterocycles. The van der Waals surface area contributed by atoms with Crippen LogP contribution in [0.4, 0.5) is 0 Å². The van der Waals surface area contributed by atoms with E-state index in [2.05, 4.69) is 42.3 Å². The number of benzene rings is 1. The van der Waals surface area contributed by atoms with Crippen molar-refractivity contribution < 1.29 is 9.47 Å². The van der Waals surface area contributed by atoms with Crippen molar-refractivity contribution in [3.05, 3.63) is 63.4 Å². The van der Waals surface area contributed by atoms with Crippen LogP contribution in [0.25, 0.3) is 0 Å². The van der Waals surface area contributed by atoms with E-state index in [4.69, 9.17) is 9.47 Å². The summed E-state index contributed by atoms with van der Waals surface area (Å²) >= 11 is 1.60. The van der Waals surface area contributed by atoms with Crippen molar-refractivity contribution in [3.63, 3.8) is 0 Å². The van der Waals surface area contributed by atoms with Gasteiger partial charge in [0.15, 0.2) is 6.23 Å². The Hall–Kier alpha value is -1.85. The molecule has 1 unspecified atom stereocenters.